The van der Waals surface area contributed by atoms with Gasteiger partial charge in [-0.2, -0.15) is 0 Å². The van der Waals surface area contributed by atoms with E-state index >= 15 is 0 Å². The summed E-state index contributed by atoms with van der Waals surface area (Å²) in [7, 11) is 0. The molecule has 4 aromatic rings. The summed E-state index contributed by atoms with van der Waals surface area (Å²) >= 11 is 1.23. The van der Waals surface area contributed by atoms with E-state index in [2.05, 4.69) is 16.1 Å². The highest BCUT2D eigenvalue weighted by Crippen LogP contribution is 2.36. The Bertz CT molecular complexity index is 1600. The van der Waals surface area contributed by atoms with Gasteiger partial charge >= 0.3 is 0 Å². The average Bonchev–Trinajstić information content (AvgIpc) is 3.04. The highest BCUT2D eigenvalue weighted by atomic mass is 32.2. The lowest BCUT2D eigenvalue weighted by atomic mass is 10.0. The summed E-state index contributed by atoms with van der Waals surface area (Å²) in [4.78, 5) is 40.2. The lowest BCUT2D eigenvalue weighted by molar-refractivity contribution is -0.387. The van der Waals surface area contributed by atoms with Crippen LogP contribution in [0.3, 0.4) is 0 Å². The van der Waals surface area contributed by atoms with Crippen molar-refractivity contribution in [2.45, 2.75) is 23.3 Å². The largest absolute Gasteiger partial charge is 0.481 e. The van der Waals surface area contributed by atoms with Crippen molar-refractivity contribution in [3.8, 4) is 18.1 Å². The van der Waals surface area contributed by atoms with Gasteiger partial charge in [0.05, 0.1) is 9.82 Å². The predicted molar refractivity (Wildman–Crippen MR) is 168 cm³/mol. The van der Waals surface area contributed by atoms with Gasteiger partial charge in [0.1, 0.15) is 12.4 Å². The Balaban J connectivity index is 1.31. The molecule has 0 heterocycles. The Morgan fingerprint density at radius 1 is 0.953 bits per heavy atom. The second-order valence-corrected chi connectivity index (χ2v) is 10.6. The van der Waals surface area contributed by atoms with E-state index in [9.17, 15) is 19.7 Å². The predicted octanol–water partition coefficient (Wildman–Crippen LogP) is 6.24. The fraction of sp³-hybridized carbons (Fsp3) is 0.176. The fourth-order valence-electron chi connectivity index (χ4n) is 4.30. The van der Waals surface area contributed by atoms with E-state index in [0.29, 0.717) is 41.4 Å². The smallest absolute Gasteiger partial charge is 0.284 e. The van der Waals surface area contributed by atoms with Gasteiger partial charge < -0.3 is 10.1 Å². The third-order valence-corrected chi connectivity index (χ3v) is 7.68. The van der Waals surface area contributed by atoms with Crippen molar-refractivity contribution < 1.29 is 19.2 Å². The zero-order valence-electron chi connectivity index (χ0n) is 23.7. The SMILES string of the molecule is C#CCOc1ccc(Sc2ccc(C(=O)NCCN(CC)Cc3ccc(C(=O)c4ccccc4)cc3)cc2[N+](=O)[O-])cc1. The van der Waals surface area contributed by atoms with Crippen LogP contribution in [0.15, 0.2) is 107 Å². The molecule has 1 N–H and O–H groups in total. The molecule has 8 nitrogen and oxygen atoms in total. The number of rotatable bonds is 14. The minimum absolute atomic E-state index is 0.0187. The van der Waals surface area contributed by atoms with Crippen molar-refractivity contribution in [2.75, 3.05) is 26.2 Å². The van der Waals surface area contributed by atoms with Crippen LogP contribution >= 0.6 is 11.8 Å². The van der Waals surface area contributed by atoms with Crippen LogP contribution in [0.5, 0.6) is 5.75 Å². The summed E-state index contributed by atoms with van der Waals surface area (Å²) < 4.78 is 5.36. The lowest BCUT2D eigenvalue weighted by Gasteiger charge is -2.21. The maximum absolute atomic E-state index is 12.8. The molecule has 0 aliphatic carbocycles. The number of carbonyl (C=O) groups excluding carboxylic acids is 2. The number of nitro benzene ring substituents is 1. The number of likely N-dealkylation sites (N-methyl/N-ethyl adjacent to an activating group) is 1. The number of amides is 1. The molecule has 0 aliphatic heterocycles. The molecule has 4 rings (SSSR count). The summed E-state index contributed by atoms with van der Waals surface area (Å²) in [6, 6.07) is 28.3. The molecule has 0 saturated heterocycles. The van der Waals surface area contributed by atoms with Gasteiger partial charge in [-0.1, -0.05) is 79.2 Å². The third-order valence-electron chi connectivity index (χ3n) is 6.61. The molecule has 218 valence electrons. The molecule has 0 fully saturated rings. The van der Waals surface area contributed by atoms with Crippen molar-refractivity contribution in [1.82, 2.24) is 10.2 Å². The summed E-state index contributed by atoms with van der Waals surface area (Å²) in [5.74, 6) is 2.61. The highest BCUT2D eigenvalue weighted by Gasteiger charge is 2.19. The van der Waals surface area contributed by atoms with Crippen LogP contribution in [-0.2, 0) is 6.54 Å². The molecule has 43 heavy (non-hydrogen) atoms. The van der Waals surface area contributed by atoms with Gasteiger partial charge in [-0.15, -0.1) is 6.42 Å². The molecular formula is C34H31N3O5S. The quantitative estimate of drug-likeness (QED) is 0.0799. The molecule has 4 aromatic carbocycles. The number of terminal acetylenes is 1. The van der Waals surface area contributed by atoms with E-state index in [1.807, 2.05) is 49.4 Å². The van der Waals surface area contributed by atoms with Crippen molar-refractivity contribution in [2.24, 2.45) is 0 Å². The van der Waals surface area contributed by atoms with Gasteiger partial charge in [0.15, 0.2) is 5.78 Å². The monoisotopic (exact) mass is 593 g/mol. The van der Waals surface area contributed by atoms with Gasteiger partial charge in [-0.3, -0.25) is 24.6 Å². The fourth-order valence-corrected chi connectivity index (χ4v) is 5.20. The van der Waals surface area contributed by atoms with Crippen molar-refractivity contribution in [3.63, 3.8) is 0 Å². The number of nitrogens with zero attached hydrogens (tertiary/aromatic N) is 2. The van der Waals surface area contributed by atoms with Gasteiger partial charge in [-0.05, 0) is 48.5 Å². The molecule has 0 spiro atoms. The van der Waals surface area contributed by atoms with Crippen LogP contribution in [-0.4, -0.2) is 47.8 Å². The number of hydrogen-bond donors (Lipinski definition) is 1. The molecule has 0 aliphatic rings. The molecule has 0 bridgehead atoms. The maximum Gasteiger partial charge on any atom is 0.284 e. The van der Waals surface area contributed by atoms with Crippen molar-refractivity contribution >= 4 is 29.1 Å². The van der Waals surface area contributed by atoms with Gasteiger partial charge in [-0.25, -0.2) is 0 Å². The molecule has 0 atom stereocenters. The number of ether oxygens (including phenoxy) is 1. The highest BCUT2D eigenvalue weighted by molar-refractivity contribution is 7.99. The van der Waals surface area contributed by atoms with Gasteiger partial charge in [0, 0.05) is 47.3 Å². The first-order chi connectivity index (χ1) is 20.9. The van der Waals surface area contributed by atoms with E-state index in [1.165, 1.54) is 17.8 Å². The molecule has 0 unspecified atom stereocenters. The standard InChI is InChI=1S/C34H31N3O5S/c1-3-22-42-29-15-17-30(18-16-29)43-32-19-14-28(23-31(32)37(40)41)34(39)35-20-21-36(4-2)24-25-10-12-27(13-11-25)33(38)26-8-6-5-7-9-26/h1,5-19,23H,4,20-22,24H2,2H3,(H,35,39). The molecule has 0 radical (unpaired) electrons. The maximum atomic E-state index is 12.8. The van der Waals surface area contributed by atoms with E-state index in [-0.39, 0.29) is 29.5 Å². The van der Waals surface area contributed by atoms with E-state index < -0.39 is 4.92 Å². The van der Waals surface area contributed by atoms with Crippen molar-refractivity contribution in [1.29, 1.82) is 0 Å². The molecule has 0 saturated carbocycles. The first-order valence-electron chi connectivity index (χ1n) is 13.7. The molecule has 0 aromatic heterocycles. The second kappa shape index (κ2) is 15.4. The number of ketones is 1. The minimum Gasteiger partial charge on any atom is -0.481 e. The van der Waals surface area contributed by atoms with E-state index in [0.717, 1.165) is 17.0 Å². The van der Waals surface area contributed by atoms with Crippen LogP contribution in [0.4, 0.5) is 5.69 Å². The Labute approximate surface area is 255 Å². The summed E-state index contributed by atoms with van der Waals surface area (Å²) in [5.41, 5.74) is 2.41. The number of hydrogen-bond acceptors (Lipinski definition) is 7. The normalized spacial score (nSPS) is 10.6. The van der Waals surface area contributed by atoms with Gasteiger partial charge in [0.25, 0.3) is 11.6 Å². The summed E-state index contributed by atoms with van der Waals surface area (Å²) in [6.45, 7) is 4.56. The number of benzene rings is 4. The number of nitro groups is 1. The number of carbonyl (C=O) groups is 2. The average molecular weight is 594 g/mol. The Morgan fingerprint density at radius 2 is 1.63 bits per heavy atom. The zero-order valence-corrected chi connectivity index (χ0v) is 24.5. The second-order valence-electron chi connectivity index (χ2n) is 9.52. The lowest BCUT2D eigenvalue weighted by Crippen LogP contribution is -2.34. The topological polar surface area (TPSA) is 102 Å². The first-order valence-corrected chi connectivity index (χ1v) is 14.5. The molecule has 9 heteroatoms. The van der Waals surface area contributed by atoms with Crippen LogP contribution in [0, 0.1) is 22.5 Å². The van der Waals surface area contributed by atoms with Crippen molar-refractivity contribution in [3.05, 3.63) is 129 Å². The Morgan fingerprint density at radius 3 is 2.28 bits per heavy atom. The minimum atomic E-state index is -0.485. The summed E-state index contributed by atoms with van der Waals surface area (Å²) in [6.07, 6.45) is 5.21. The van der Waals surface area contributed by atoms with Crippen LogP contribution in [0.2, 0.25) is 0 Å². The Hall–Kier alpha value is -4.91. The Kier molecular flexibility index (Phi) is 11.1. The van der Waals surface area contributed by atoms with E-state index in [1.54, 1.807) is 48.5 Å². The van der Waals surface area contributed by atoms with Crippen LogP contribution in [0.25, 0.3) is 0 Å². The van der Waals surface area contributed by atoms with Crippen LogP contribution < -0.4 is 10.1 Å². The molecule has 1 amide bonds. The third kappa shape index (κ3) is 8.79. The first kappa shape index (κ1) is 31.0. The summed E-state index contributed by atoms with van der Waals surface area (Å²) in [5, 5.41) is 14.7. The number of nitrogens with one attached hydrogen (secondary N) is 1. The molecular weight excluding hydrogens is 562 g/mol. The van der Waals surface area contributed by atoms with E-state index in [4.69, 9.17) is 11.2 Å². The van der Waals surface area contributed by atoms with Gasteiger partial charge in [0.2, 0.25) is 0 Å². The zero-order chi connectivity index (χ0) is 30.6. The van der Waals surface area contributed by atoms with Crippen LogP contribution in [0.1, 0.15) is 38.8 Å².